The third kappa shape index (κ3) is 5.44. The molecule has 1 aromatic heterocycles. The van der Waals surface area contributed by atoms with Crippen molar-refractivity contribution in [1.82, 2.24) is 15.2 Å². The first-order valence-corrected chi connectivity index (χ1v) is 8.63. The van der Waals surface area contributed by atoms with Gasteiger partial charge >= 0.3 is 6.09 Å². The summed E-state index contributed by atoms with van der Waals surface area (Å²) in [6.07, 6.45) is 0.973. The lowest BCUT2D eigenvalue weighted by Gasteiger charge is -2.34. The molecule has 1 N–H and O–H groups in total. The quantitative estimate of drug-likeness (QED) is 0.780. The van der Waals surface area contributed by atoms with Crippen LogP contribution in [0.3, 0.4) is 0 Å². The molecule has 0 spiro atoms. The minimum absolute atomic E-state index is 0.0991. The van der Waals surface area contributed by atoms with E-state index in [1.54, 1.807) is 25.7 Å². The Morgan fingerprint density at radius 2 is 2.04 bits per heavy atom. The van der Waals surface area contributed by atoms with Gasteiger partial charge in [-0.3, -0.25) is 4.79 Å². The van der Waals surface area contributed by atoms with Crippen molar-refractivity contribution >= 4 is 35.2 Å². The van der Waals surface area contributed by atoms with Crippen molar-refractivity contribution in [2.24, 2.45) is 0 Å². The van der Waals surface area contributed by atoms with Crippen LogP contribution in [0, 0.1) is 5.82 Å². The number of carbonyl (C=O) groups is 2. The number of hydrogen-bond acceptors (Lipinski definition) is 4. The average molecular weight is 392 g/mol. The van der Waals surface area contributed by atoms with E-state index in [-0.39, 0.29) is 16.8 Å². The number of aromatic nitrogens is 1. The molecule has 2 heterocycles. The molecule has 1 aromatic rings. The van der Waals surface area contributed by atoms with E-state index >= 15 is 0 Å². The number of rotatable bonds is 2. The van der Waals surface area contributed by atoms with Gasteiger partial charge in [0.2, 0.25) is 0 Å². The fourth-order valence-corrected chi connectivity index (χ4v) is 2.86. The molecule has 1 saturated heterocycles. The molecule has 1 fully saturated rings. The van der Waals surface area contributed by atoms with Gasteiger partial charge in [-0.1, -0.05) is 23.2 Å². The molecule has 0 saturated carbocycles. The zero-order valence-electron chi connectivity index (χ0n) is 14.2. The number of carbonyl (C=O) groups excluding carboxylic acids is 2. The number of nitrogens with zero attached hydrogens (tertiary/aromatic N) is 2. The summed E-state index contributed by atoms with van der Waals surface area (Å²) in [7, 11) is 0. The van der Waals surface area contributed by atoms with E-state index in [0.717, 1.165) is 6.07 Å². The van der Waals surface area contributed by atoms with E-state index in [0.29, 0.717) is 25.9 Å². The highest BCUT2D eigenvalue weighted by Crippen LogP contribution is 2.21. The highest BCUT2D eigenvalue weighted by molar-refractivity contribution is 6.34. The van der Waals surface area contributed by atoms with Gasteiger partial charge in [-0.2, -0.15) is 0 Å². The maximum absolute atomic E-state index is 13.5. The predicted molar refractivity (Wildman–Crippen MR) is 92.5 cm³/mol. The molecule has 0 radical (unpaired) electrons. The SMILES string of the molecule is CC(C)(C)OC(=O)N1CCCC(NC(=O)c2cc(F)c(Cl)nc2Cl)C1. The highest BCUT2D eigenvalue weighted by Gasteiger charge is 2.29. The minimum atomic E-state index is -0.824. The summed E-state index contributed by atoms with van der Waals surface area (Å²) in [6, 6.07) is 0.658. The van der Waals surface area contributed by atoms with Crippen LogP contribution in [-0.2, 0) is 4.74 Å². The van der Waals surface area contributed by atoms with E-state index in [9.17, 15) is 14.0 Å². The Balaban J connectivity index is 2.02. The number of nitrogens with one attached hydrogen (secondary N) is 1. The molecule has 25 heavy (non-hydrogen) atoms. The number of piperidine rings is 1. The van der Waals surface area contributed by atoms with Gasteiger partial charge in [0.1, 0.15) is 10.8 Å². The van der Waals surface area contributed by atoms with Crippen LogP contribution in [0.2, 0.25) is 10.3 Å². The monoisotopic (exact) mass is 391 g/mol. The van der Waals surface area contributed by atoms with Gasteiger partial charge in [0.15, 0.2) is 11.0 Å². The van der Waals surface area contributed by atoms with E-state index in [2.05, 4.69) is 10.3 Å². The molecule has 1 aliphatic heterocycles. The molecule has 0 bridgehead atoms. The van der Waals surface area contributed by atoms with Gasteiger partial charge in [0, 0.05) is 19.1 Å². The second-order valence-electron chi connectivity index (χ2n) is 6.84. The Labute approximate surface area is 155 Å². The number of ether oxygens (including phenoxy) is 1. The van der Waals surface area contributed by atoms with Crippen molar-refractivity contribution in [1.29, 1.82) is 0 Å². The maximum Gasteiger partial charge on any atom is 0.410 e. The topological polar surface area (TPSA) is 71.5 Å². The summed E-state index contributed by atoms with van der Waals surface area (Å²) < 4.78 is 18.9. The first kappa shape index (κ1) is 19.7. The van der Waals surface area contributed by atoms with E-state index < -0.39 is 28.6 Å². The van der Waals surface area contributed by atoms with Gasteiger partial charge in [-0.25, -0.2) is 14.2 Å². The maximum atomic E-state index is 13.5. The Kier molecular flexibility index (Phi) is 6.11. The normalized spacial score (nSPS) is 18.0. The summed E-state index contributed by atoms with van der Waals surface area (Å²) in [5, 5.41) is 2.18. The van der Waals surface area contributed by atoms with Gasteiger partial charge in [0.05, 0.1) is 5.56 Å². The fraction of sp³-hybridized carbons (Fsp3) is 0.562. The molecule has 138 valence electrons. The molecular weight excluding hydrogens is 372 g/mol. The summed E-state index contributed by atoms with van der Waals surface area (Å²) in [5.41, 5.74) is -0.689. The smallest absolute Gasteiger partial charge is 0.410 e. The third-order valence-electron chi connectivity index (χ3n) is 3.54. The van der Waals surface area contributed by atoms with Crippen molar-refractivity contribution in [2.45, 2.75) is 45.3 Å². The third-order valence-corrected chi connectivity index (χ3v) is 4.09. The van der Waals surface area contributed by atoms with Gasteiger partial charge in [0.25, 0.3) is 5.91 Å². The van der Waals surface area contributed by atoms with E-state index in [1.165, 1.54) is 0 Å². The highest BCUT2D eigenvalue weighted by atomic mass is 35.5. The Morgan fingerprint density at radius 3 is 2.68 bits per heavy atom. The predicted octanol–water partition coefficient (Wildman–Crippen LogP) is 3.66. The molecule has 1 atom stereocenters. The van der Waals surface area contributed by atoms with Crippen molar-refractivity contribution in [3.8, 4) is 0 Å². The van der Waals surface area contributed by atoms with Crippen molar-refractivity contribution in [2.75, 3.05) is 13.1 Å². The molecule has 0 aliphatic carbocycles. The zero-order chi connectivity index (χ0) is 18.8. The van der Waals surface area contributed by atoms with Crippen LogP contribution in [0.1, 0.15) is 44.0 Å². The number of amides is 2. The number of pyridine rings is 1. The fourth-order valence-electron chi connectivity index (χ4n) is 2.46. The first-order valence-electron chi connectivity index (χ1n) is 7.87. The van der Waals surface area contributed by atoms with Crippen LogP contribution in [0.25, 0.3) is 0 Å². The first-order chi connectivity index (χ1) is 11.6. The molecule has 1 unspecified atom stereocenters. The number of likely N-dealkylation sites (tertiary alicyclic amines) is 1. The standard InChI is InChI=1S/C16H20Cl2FN3O3/c1-16(2,3)25-15(24)22-6-4-5-9(8-22)20-14(23)10-7-11(19)13(18)21-12(10)17/h7,9H,4-6,8H2,1-3H3,(H,20,23). The molecule has 0 aromatic carbocycles. The molecule has 9 heteroatoms. The van der Waals surface area contributed by atoms with Gasteiger partial charge < -0.3 is 15.0 Å². The largest absolute Gasteiger partial charge is 0.444 e. The second-order valence-corrected chi connectivity index (χ2v) is 7.55. The zero-order valence-corrected chi connectivity index (χ0v) is 15.7. The Morgan fingerprint density at radius 1 is 1.36 bits per heavy atom. The lowest BCUT2D eigenvalue weighted by atomic mass is 10.1. The Hall–Kier alpha value is -1.60. The average Bonchev–Trinajstić information content (AvgIpc) is 2.49. The lowest BCUT2D eigenvalue weighted by Crippen LogP contribution is -2.50. The van der Waals surface area contributed by atoms with Crippen molar-refractivity contribution in [3.63, 3.8) is 0 Å². The van der Waals surface area contributed by atoms with Crippen LogP contribution in [0.15, 0.2) is 6.07 Å². The molecular formula is C16H20Cl2FN3O3. The molecule has 1 aliphatic rings. The van der Waals surface area contributed by atoms with Crippen LogP contribution < -0.4 is 5.32 Å². The van der Waals surface area contributed by atoms with Crippen LogP contribution in [-0.4, -0.2) is 46.6 Å². The van der Waals surface area contributed by atoms with E-state index in [4.69, 9.17) is 27.9 Å². The number of halogens is 3. The Bertz CT molecular complexity index is 679. The van der Waals surface area contributed by atoms with Crippen LogP contribution in [0.4, 0.5) is 9.18 Å². The summed E-state index contributed by atoms with van der Waals surface area (Å²) in [6.45, 7) is 6.23. The summed E-state index contributed by atoms with van der Waals surface area (Å²) in [4.78, 5) is 29.6. The van der Waals surface area contributed by atoms with Gasteiger partial charge in [-0.15, -0.1) is 0 Å². The molecule has 2 rings (SSSR count). The van der Waals surface area contributed by atoms with Crippen molar-refractivity contribution in [3.05, 3.63) is 27.8 Å². The number of hydrogen-bond donors (Lipinski definition) is 1. The molecule has 2 amide bonds. The van der Waals surface area contributed by atoms with Crippen molar-refractivity contribution < 1.29 is 18.7 Å². The van der Waals surface area contributed by atoms with E-state index in [1.807, 2.05) is 0 Å². The van der Waals surface area contributed by atoms with Crippen LogP contribution >= 0.6 is 23.2 Å². The van der Waals surface area contributed by atoms with Gasteiger partial charge in [-0.05, 0) is 39.7 Å². The minimum Gasteiger partial charge on any atom is -0.444 e. The summed E-state index contributed by atoms with van der Waals surface area (Å²) in [5.74, 6) is -1.39. The van der Waals surface area contributed by atoms with Crippen LogP contribution in [0.5, 0.6) is 0 Å². The second kappa shape index (κ2) is 7.74. The molecule has 6 nitrogen and oxygen atoms in total. The lowest BCUT2D eigenvalue weighted by molar-refractivity contribution is 0.0185. The summed E-state index contributed by atoms with van der Waals surface area (Å²) >= 11 is 11.4.